The largest absolute Gasteiger partial charge is 0.433 e. The Hall–Kier alpha value is -3.26. The number of nitrogens with zero attached hydrogens (tertiary/aromatic N) is 5. The minimum absolute atomic E-state index is 0.479. The van der Waals surface area contributed by atoms with Crippen molar-refractivity contribution in [1.29, 1.82) is 0 Å². The van der Waals surface area contributed by atoms with Crippen molar-refractivity contribution < 1.29 is 13.2 Å². The van der Waals surface area contributed by atoms with E-state index in [0.717, 1.165) is 47.7 Å². The molecule has 5 nitrogen and oxygen atoms in total. The summed E-state index contributed by atoms with van der Waals surface area (Å²) < 4.78 is 40.0. The molecule has 1 aliphatic rings. The molecule has 0 radical (unpaired) electrons. The Morgan fingerprint density at radius 3 is 2.36 bits per heavy atom. The Morgan fingerprint density at radius 2 is 1.64 bits per heavy atom. The third-order valence-electron chi connectivity index (χ3n) is 6.08. The van der Waals surface area contributed by atoms with Crippen molar-refractivity contribution in [3.63, 3.8) is 0 Å². The maximum atomic E-state index is 12.8. The molecule has 8 heteroatoms. The molecule has 0 saturated carbocycles. The lowest BCUT2D eigenvalue weighted by Crippen LogP contribution is -2.24. The van der Waals surface area contributed by atoms with Gasteiger partial charge in [-0.1, -0.05) is 18.9 Å². The van der Waals surface area contributed by atoms with Gasteiger partial charge in [-0.2, -0.15) is 18.3 Å². The first-order valence-electron chi connectivity index (χ1n) is 11.2. The highest BCUT2D eigenvalue weighted by molar-refractivity contribution is 5.85. The SMILES string of the molecule is FC(F)(F)c1ccc(-n2ncc3cc(-c4cncc(CN5CCCCCC5)c4)ccc32)cn1. The second kappa shape index (κ2) is 8.94. The molecule has 4 aromatic rings. The van der Waals surface area contributed by atoms with Gasteiger partial charge in [0.15, 0.2) is 0 Å². The highest BCUT2D eigenvalue weighted by Gasteiger charge is 2.32. The maximum absolute atomic E-state index is 12.8. The Labute approximate surface area is 189 Å². The van der Waals surface area contributed by atoms with Crippen LogP contribution in [-0.4, -0.2) is 37.7 Å². The van der Waals surface area contributed by atoms with Gasteiger partial charge >= 0.3 is 6.18 Å². The first kappa shape index (κ1) is 21.6. The molecule has 4 heterocycles. The van der Waals surface area contributed by atoms with Crippen LogP contribution in [0.5, 0.6) is 0 Å². The van der Waals surface area contributed by atoms with Crippen LogP contribution in [0.1, 0.15) is 36.9 Å². The van der Waals surface area contributed by atoms with Crippen LogP contribution < -0.4 is 0 Å². The van der Waals surface area contributed by atoms with Gasteiger partial charge in [-0.25, -0.2) is 9.67 Å². The zero-order valence-electron chi connectivity index (χ0n) is 18.1. The van der Waals surface area contributed by atoms with Crippen molar-refractivity contribution >= 4 is 10.9 Å². The summed E-state index contributed by atoms with van der Waals surface area (Å²) in [6.07, 6.45) is 7.36. The highest BCUT2D eigenvalue weighted by atomic mass is 19.4. The van der Waals surface area contributed by atoms with Gasteiger partial charge in [0.05, 0.1) is 23.6 Å². The van der Waals surface area contributed by atoms with Crippen LogP contribution in [-0.2, 0) is 12.7 Å². The van der Waals surface area contributed by atoms with Crippen LogP contribution in [0.15, 0.2) is 61.2 Å². The molecule has 1 aromatic carbocycles. The third kappa shape index (κ3) is 4.75. The first-order valence-corrected chi connectivity index (χ1v) is 11.2. The average Bonchev–Trinajstić information content (AvgIpc) is 3.07. The van der Waals surface area contributed by atoms with Crippen molar-refractivity contribution in [2.24, 2.45) is 0 Å². The summed E-state index contributed by atoms with van der Waals surface area (Å²) in [6, 6.07) is 10.5. The predicted molar refractivity (Wildman–Crippen MR) is 121 cm³/mol. The molecule has 0 spiro atoms. The molecule has 0 bridgehead atoms. The second-order valence-corrected chi connectivity index (χ2v) is 8.50. The van der Waals surface area contributed by atoms with E-state index in [1.807, 2.05) is 30.6 Å². The quantitative estimate of drug-likeness (QED) is 0.389. The molecule has 170 valence electrons. The number of hydrogen-bond acceptors (Lipinski definition) is 4. The molecular weight excluding hydrogens is 427 g/mol. The van der Waals surface area contributed by atoms with Gasteiger partial charge in [-0.15, -0.1) is 0 Å². The molecule has 0 unspecified atom stereocenters. The lowest BCUT2D eigenvalue weighted by Gasteiger charge is -2.19. The number of halogens is 3. The van der Waals surface area contributed by atoms with Crippen molar-refractivity contribution in [1.82, 2.24) is 24.6 Å². The highest BCUT2D eigenvalue weighted by Crippen LogP contribution is 2.29. The first-order chi connectivity index (χ1) is 16.0. The summed E-state index contributed by atoms with van der Waals surface area (Å²) in [5.74, 6) is 0. The molecule has 33 heavy (non-hydrogen) atoms. The second-order valence-electron chi connectivity index (χ2n) is 8.50. The van der Waals surface area contributed by atoms with Gasteiger partial charge in [-0.3, -0.25) is 9.88 Å². The zero-order valence-corrected chi connectivity index (χ0v) is 18.1. The van der Waals surface area contributed by atoms with Crippen LogP contribution in [0.3, 0.4) is 0 Å². The fourth-order valence-corrected chi connectivity index (χ4v) is 4.38. The fourth-order valence-electron chi connectivity index (χ4n) is 4.38. The lowest BCUT2D eigenvalue weighted by molar-refractivity contribution is -0.141. The van der Waals surface area contributed by atoms with E-state index in [2.05, 4.69) is 26.0 Å². The number of benzene rings is 1. The lowest BCUT2D eigenvalue weighted by atomic mass is 10.0. The molecule has 0 amide bonds. The van der Waals surface area contributed by atoms with Crippen LogP contribution >= 0.6 is 0 Å². The maximum Gasteiger partial charge on any atom is 0.433 e. The topological polar surface area (TPSA) is 46.8 Å². The van der Waals surface area contributed by atoms with Crippen LogP contribution in [0.25, 0.3) is 27.7 Å². The molecule has 3 aromatic heterocycles. The molecule has 1 aliphatic heterocycles. The van der Waals surface area contributed by atoms with E-state index in [0.29, 0.717) is 5.69 Å². The van der Waals surface area contributed by atoms with Gasteiger partial charge < -0.3 is 0 Å². The minimum Gasteiger partial charge on any atom is -0.299 e. The van der Waals surface area contributed by atoms with Gasteiger partial charge in [0.2, 0.25) is 0 Å². The van der Waals surface area contributed by atoms with E-state index < -0.39 is 11.9 Å². The molecule has 5 rings (SSSR count). The van der Waals surface area contributed by atoms with E-state index in [4.69, 9.17) is 0 Å². The van der Waals surface area contributed by atoms with Crippen molar-refractivity contribution in [3.05, 3.63) is 72.4 Å². The normalized spacial score (nSPS) is 15.6. The van der Waals surface area contributed by atoms with Crippen molar-refractivity contribution in [2.45, 2.75) is 38.4 Å². The summed E-state index contributed by atoms with van der Waals surface area (Å²) in [5.41, 5.74) is 3.62. The Balaban J connectivity index is 1.39. The van der Waals surface area contributed by atoms with Crippen LogP contribution in [0.2, 0.25) is 0 Å². The number of rotatable bonds is 4. The van der Waals surface area contributed by atoms with E-state index in [1.165, 1.54) is 43.5 Å². The monoisotopic (exact) mass is 451 g/mol. The number of likely N-dealkylation sites (tertiary alicyclic amines) is 1. The van der Waals surface area contributed by atoms with Crippen LogP contribution in [0, 0.1) is 0 Å². The summed E-state index contributed by atoms with van der Waals surface area (Å²) in [6.45, 7) is 3.17. The summed E-state index contributed by atoms with van der Waals surface area (Å²) in [5, 5.41) is 5.26. The Kier molecular flexibility index (Phi) is 5.85. The molecule has 0 atom stereocenters. The van der Waals surface area contributed by atoms with E-state index >= 15 is 0 Å². The molecule has 1 fully saturated rings. The number of aromatic nitrogens is 4. The van der Waals surface area contributed by atoms with Crippen LogP contribution in [0.4, 0.5) is 13.2 Å². The third-order valence-corrected chi connectivity index (χ3v) is 6.08. The average molecular weight is 451 g/mol. The number of hydrogen-bond donors (Lipinski definition) is 0. The molecule has 0 N–H and O–H groups in total. The molecule has 1 saturated heterocycles. The summed E-state index contributed by atoms with van der Waals surface area (Å²) in [7, 11) is 0. The number of alkyl halides is 3. The minimum atomic E-state index is -4.46. The van der Waals surface area contributed by atoms with E-state index in [9.17, 15) is 13.2 Å². The summed E-state index contributed by atoms with van der Waals surface area (Å²) in [4.78, 5) is 10.5. The Morgan fingerprint density at radius 1 is 0.818 bits per heavy atom. The molecule has 0 aliphatic carbocycles. The Bertz CT molecular complexity index is 1240. The van der Waals surface area contributed by atoms with Crippen molar-refractivity contribution in [3.8, 4) is 16.8 Å². The summed E-state index contributed by atoms with van der Waals surface area (Å²) >= 11 is 0. The van der Waals surface area contributed by atoms with Crippen molar-refractivity contribution in [2.75, 3.05) is 13.1 Å². The zero-order chi connectivity index (χ0) is 22.8. The predicted octanol–water partition coefficient (Wildman–Crippen LogP) is 5.88. The standard InChI is InChI=1S/C25H24F3N5/c26-25(27,28)24-8-6-22(16-30-24)33-23-7-5-19(12-21(23)15-31-33)20-11-18(13-29-14-20)17-32-9-3-1-2-4-10-32/h5-8,11-16H,1-4,9-10,17H2. The van der Waals surface area contributed by atoms with E-state index in [1.54, 1.807) is 10.9 Å². The van der Waals surface area contributed by atoms with Gasteiger partial charge in [-0.05, 0) is 67.4 Å². The van der Waals surface area contributed by atoms with Gasteiger partial charge in [0.1, 0.15) is 5.69 Å². The van der Waals surface area contributed by atoms with Gasteiger partial charge in [0, 0.05) is 29.9 Å². The number of pyridine rings is 2. The fraction of sp³-hybridized carbons (Fsp3) is 0.320. The van der Waals surface area contributed by atoms with E-state index in [-0.39, 0.29) is 0 Å². The smallest absolute Gasteiger partial charge is 0.299 e. The number of fused-ring (bicyclic) bond motifs is 1. The molecular formula is C25H24F3N5. The van der Waals surface area contributed by atoms with Gasteiger partial charge in [0.25, 0.3) is 0 Å².